The van der Waals surface area contributed by atoms with Gasteiger partial charge in [-0.05, 0) is 24.6 Å². The highest BCUT2D eigenvalue weighted by Crippen LogP contribution is 2.16. The fourth-order valence-corrected chi connectivity index (χ4v) is 1.16. The average molecular weight is 189 g/mol. The van der Waals surface area contributed by atoms with Crippen molar-refractivity contribution in [1.29, 1.82) is 5.26 Å². The highest BCUT2D eigenvalue weighted by molar-refractivity contribution is 5.77. The lowest BCUT2D eigenvalue weighted by atomic mass is 10.0. The highest BCUT2D eigenvalue weighted by Gasteiger charge is 2.14. The summed E-state index contributed by atoms with van der Waals surface area (Å²) in [4.78, 5) is 11.2. The van der Waals surface area contributed by atoms with Gasteiger partial charge in [0.25, 0.3) is 0 Å². The van der Waals surface area contributed by atoms with Gasteiger partial charge in [-0.3, -0.25) is 4.79 Å². The SMILES string of the molecule is COC(=O)[C@H](C)c1ccc(C#N)cc1. The number of methoxy groups -OCH3 is 1. The summed E-state index contributed by atoms with van der Waals surface area (Å²) >= 11 is 0. The van der Waals surface area contributed by atoms with Crippen LogP contribution in [0.1, 0.15) is 24.0 Å². The van der Waals surface area contributed by atoms with E-state index in [1.165, 1.54) is 7.11 Å². The van der Waals surface area contributed by atoms with Crippen molar-refractivity contribution in [2.75, 3.05) is 7.11 Å². The molecule has 0 heterocycles. The Labute approximate surface area is 82.9 Å². The molecule has 1 atom stereocenters. The first-order chi connectivity index (χ1) is 6.69. The summed E-state index contributed by atoms with van der Waals surface area (Å²) in [6.07, 6.45) is 0. The number of carbonyl (C=O) groups is 1. The summed E-state index contributed by atoms with van der Waals surface area (Å²) < 4.78 is 4.62. The number of carbonyl (C=O) groups excluding carboxylic acids is 1. The van der Waals surface area contributed by atoms with Gasteiger partial charge in [-0.25, -0.2) is 0 Å². The van der Waals surface area contributed by atoms with E-state index in [-0.39, 0.29) is 11.9 Å². The molecule has 0 saturated carbocycles. The lowest BCUT2D eigenvalue weighted by Gasteiger charge is -2.08. The van der Waals surface area contributed by atoms with Crippen LogP contribution in [0.2, 0.25) is 0 Å². The summed E-state index contributed by atoms with van der Waals surface area (Å²) in [7, 11) is 1.36. The Bertz CT molecular complexity index is 362. The van der Waals surface area contributed by atoms with Gasteiger partial charge in [0.05, 0.1) is 24.7 Å². The van der Waals surface area contributed by atoms with E-state index in [9.17, 15) is 4.79 Å². The van der Waals surface area contributed by atoms with Crippen LogP contribution in [0.25, 0.3) is 0 Å². The van der Waals surface area contributed by atoms with Crippen molar-refractivity contribution < 1.29 is 9.53 Å². The third kappa shape index (κ3) is 2.11. The zero-order valence-corrected chi connectivity index (χ0v) is 8.15. The third-order valence-electron chi connectivity index (χ3n) is 2.09. The van der Waals surface area contributed by atoms with Gasteiger partial charge in [-0.15, -0.1) is 0 Å². The van der Waals surface area contributed by atoms with Crippen LogP contribution in [0.5, 0.6) is 0 Å². The molecule has 14 heavy (non-hydrogen) atoms. The maximum Gasteiger partial charge on any atom is 0.312 e. The van der Waals surface area contributed by atoms with Gasteiger partial charge < -0.3 is 4.74 Å². The zero-order chi connectivity index (χ0) is 10.6. The van der Waals surface area contributed by atoms with E-state index in [4.69, 9.17) is 5.26 Å². The fraction of sp³-hybridized carbons (Fsp3) is 0.273. The average Bonchev–Trinajstić information content (AvgIpc) is 2.27. The number of nitrogens with zero attached hydrogens (tertiary/aromatic N) is 1. The number of nitriles is 1. The first-order valence-corrected chi connectivity index (χ1v) is 4.27. The number of ether oxygens (including phenoxy) is 1. The summed E-state index contributed by atoms with van der Waals surface area (Å²) in [5.41, 5.74) is 1.45. The first-order valence-electron chi connectivity index (χ1n) is 4.27. The number of hydrogen-bond acceptors (Lipinski definition) is 3. The van der Waals surface area contributed by atoms with Gasteiger partial charge in [-0.2, -0.15) is 5.26 Å². The van der Waals surface area contributed by atoms with Crippen molar-refractivity contribution in [1.82, 2.24) is 0 Å². The Morgan fingerprint density at radius 1 is 1.43 bits per heavy atom. The number of benzene rings is 1. The molecule has 0 N–H and O–H groups in total. The molecule has 0 unspecified atom stereocenters. The summed E-state index contributed by atoms with van der Waals surface area (Å²) in [6, 6.07) is 8.93. The van der Waals surface area contributed by atoms with Gasteiger partial charge in [0.2, 0.25) is 0 Å². The molecule has 1 aromatic rings. The minimum atomic E-state index is -0.284. The molecule has 0 saturated heterocycles. The van der Waals surface area contributed by atoms with Crippen molar-refractivity contribution in [2.45, 2.75) is 12.8 Å². The topological polar surface area (TPSA) is 50.1 Å². The minimum Gasteiger partial charge on any atom is -0.469 e. The lowest BCUT2D eigenvalue weighted by Crippen LogP contribution is -2.10. The second kappa shape index (κ2) is 4.43. The van der Waals surface area contributed by atoms with Crippen LogP contribution >= 0.6 is 0 Å². The minimum absolute atomic E-state index is 0.269. The Morgan fingerprint density at radius 2 is 2.00 bits per heavy atom. The standard InChI is InChI=1S/C11H11NO2/c1-8(11(13)14-2)10-5-3-9(7-12)4-6-10/h3-6,8H,1-2H3/t8-/m1/s1. The van der Waals surface area contributed by atoms with E-state index < -0.39 is 0 Å². The smallest absolute Gasteiger partial charge is 0.312 e. The van der Waals surface area contributed by atoms with Crippen LogP contribution in [0.4, 0.5) is 0 Å². The van der Waals surface area contributed by atoms with Crippen LogP contribution in [-0.4, -0.2) is 13.1 Å². The lowest BCUT2D eigenvalue weighted by molar-refractivity contribution is -0.141. The third-order valence-corrected chi connectivity index (χ3v) is 2.09. The second-order valence-corrected chi connectivity index (χ2v) is 2.98. The fourth-order valence-electron chi connectivity index (χ4n) is 1.16. The Balaban J connectivity index is 2.88. The molecule has 0 aliphatic rings. The molecule has 0 spiro atoms. The largest absolute Gasteiger partial charge is 0.469 e. The molecule has 3 nitrogen and oxygen atoms in total. The Hall–Kier alpha value is -1.82. The van der Waals surface area contributed by atoms with Crippen LogP contribution in [0, 0.1) is 11.3 Å². The Kier molecular flexibility index (Phi) is 3.24. The van der Waals surface area contributed by atoms with Crippen molar-refractivity contribution in [2.24, 2.45) is 0 Å². The number of rotatable bonds is 2. The zero-order valence-electron chi connectivity index (χ0n) is 8.15. The molecule has 0 amide bonds. The molecule has 0 radical (unpaired) electrons. The number of hydrogen-bond donors (Lipinski definition) is 0. The van der Waals surface area contributed by atoms with E-state index in [1.807, 2.05) is 6.07 Å². The van der Waals surface area contributed by atoms with E-state index in [0.717, 1.165) is 5.56 Å². The molecule has 0 aliphatic carbocycles. The molecular formula is C11H11NO2. The molecule has 1 rings (SSSR count). The maximum absolute atomic E-state index is 11.2. The molecule has 1 aromatic carbocycles. The predicted octanol–water partition coefficient (Wildman–Crippen LogP) is 1.83. The van der Waals surface area contributed by atoms with Gasteiger partial charge in [0, 0.05) is 0 Å². The maximum atomic E-state index is 11.2. The van der Waals surface area contributed by atoms with Crippen molar-refractivity contribution in [3.63, 3.8) is 0 Å². The molecule has 3 heteroatoms. The quantitative estimate of drug-likeness (QED) is 0.667. The van der Waals surface area contributed by atoms with Crippen LogP contribution < -0.4 is 0 Å². The van der Waals surface area contributed by atoms with E-state index >= 15 is 0 Å². The van der Waals surface area contributed by atoms with Crippen molar-refractivity contribution in [3.05, 3.63) is 35.4 Å². The van der Waals surface area contributed by atoms with Gasteiger partial charge in [-0.1, -0.05) is 12.1 Å². The van der Waals surface area contributed by atoms with Crippen LogP contribution in [0.15, 0.2) is 24.3 Å². The molecule has 0 aromatic heterocycles. The van der Waals surface area contributed by atoms with E-state index in [1.54, 1.807) is 31.2 Å². The van der Waals surface area contributed by atoms with Gasteiger partial charge >= 0.3 is 5.97 Å². The molecule has 0 bridgehead atoms. The summed E-state index contributed by atoms with van der Waals surface area (Å²) in [5.74, 6) is -0.553. The monoisotopic (exact) mass is 189 g/mol. The van der Waals surface area contributed by atoms with E-state index in [0.29, 0.717) is 5.56 Å². The summed E-state index contributed by atoms with van der Waals surface area (Å²) in [6.45, 7) is 1.77. The first kappa shape index (κ1) is 10.3. The van der Waals surface area contributed by atoms with Gasteiger partial charge in [0.15, 0.2) is 0 Å². The molecule has 0 fully saturated rings. The van der Waals surface area contributed by atoms with Crippen LogP contribution in [0.3, 0.4) is 0 Å². The highest BCUT2D eigenvalue weighted by atomic mass is 16.5. The van der Waals surface area contributed by atoms with Crippen molar-refractivity contribution in [3.8, 4) is 6.07 Å². The summed E-state index contributed by atoms with van der Waals surface area (Å²) in [5, 5.41) is 8.58. The Morgan fingerprint density at radius 3 is 2.43 bits per heavy atom. The second-order valence-electron chi connectivity index (χ2n) is 2.98. The molecular weight excluding hydrogens is 178 g/mol. The molecule has 0 aliphatic heterocycles. The predicted molar refractivity (Wildman–Crippen MR) is 51.6 cm³/mol. The van der Waals surface area contributed by atoms with Crippen molar-refractivity contribution >= 4 is 5.97 Å². The van der Waals surface area contributed by atoms with E-state index in [2.05, 4.69) is 4.74 Å². The number of esters is 1. The van der Waals surface area contributed by atoms with Crippen LogP contribution in [-0.2, 0) is 9.53 Å². The van der Waals surface area contributed by atoms with Gasteiger partial charge in [0.1, 0.15) is 0 Å². The normalized spacial score (nSPS) is 11.5. The molecule has 72 valence electrons.